The Kier molecular flexibility index (Phi) is 2.73. The zero-order valence-electron chi connectivity index (χ0n) is 8.82. The summed E-state index contributed by atoms with van der Waals surface area (Å²) < 4.78 is 13.5. The lowest BCUT2D eigenvalue weighted by Crippen LogP contribution is -2.33. The van der Waals surface area contributed by atoms with E-state index in [0.717, 1.165) is 31.2 Å². The zero-order chi connectivity index (χ0) is 11.1. The van der Waals surface area contributed by atoms with Gasteiger partial charge in [0.25, 0.3) is 0 Å². The summed E-state index contributed by atoms with van der Waals surface area (Å²) in [4.78, 5) is 0. The molecular formula is C12H15ClFN. The molecule has 0 spiro atoms. The molecule has 3 heteroatoms. The van der Waals surface area contributed by atoms with E-state index >= 15 is 0 Å². The van der Waals surface area contributed by atoms with Crippen molar-refractivity contribution in [1.29, 1.82) is 0 Å². The summed E-state index contributed by atoms with van der Waals surface area (Å²) in [7, 11) is 0. The van der Waals surface area contributed by atoms with Crippen molar-refractivity contribution in [3.8, 4) is 0 Å². The number of nitrogens with two attached hydrogens (primary N) is 1. The van der Waals surface area contributed by atoms with E-state index in [-0.39, 0.29) is 11.4 Å². The molecule has 82 valence electrons. The molecule has 2 rings (SSSR count). The van der Waals surface area contributed by atoms with Gasteiger partial charge in [-0.2, -0.15) is 0 Å². The highest BCUT2D eigenvalue weighted by atomic mass is 35.5. The van der Waals surface area contributed by atoms with E-state index in [1.54, 1.807) is 6.92 Å². The Balaban J connectivity index is 2.45. The van der Waals surface area contributed by atoms with Crippen LogP contribution < -0.4 is 5.73 Å². The molecule has 0 saturated heterocycles. The highest BCUT2D eigenvalue weighted by molar-refractivity contribution is 6.31. The normalized spacial score (nSPS) is 19.5. The van der Waals surface area contributed by atoms with Crippen LogP contribution in [-0.4, -0.2) is 0 Å². The van der Waals surface area contributed by atoms with Crippen molar-refractivity contribution in [2.75, 3.05) is 0 Å². The average Bonchev–Trinajstić information content (AvgIpc) is 2.62. The molecule has 0 amide bonds. The Bertz CT molecular complexity index is 360. The predicted octanol–water partition coefficient (Wildman–Crippen LogP) is 3.52. The van der Waals surface area contributed by atoms with Crippen LogP contribution in [0.5, 0.6) is 0 Å². The van der Waals surface area contributed by atoms with E-state index in [4.69, 9.17) is 17.3 Å². The molecule has 1 nitrogen and oxygen atoms in total. The zero-order valence-corrected chi connectivity index (χ0v) is 9.57. The quantitative estimate of drug-likeness (QED) is 0.781. The van der Waals surface area contributed by atoms with Crippen LogP contribution in [0.2, 0.25) is 5.02 Å². The van der Waals surface area contributed by atoms with Crippen LogP contribution in [0, 0.1) is 12.7 Å². The number of benzene rings is 1. The third-order valence-corrected chi connectivity index (χ3v) is 3.74. The molecule has 15 heavy (non-hydrogen) atoms. The first-order valence-electron chi connectivity index (χ1n) is 5.28. The molecule has 0 atom stereocenters. The number of halogens is 2. The molecule has 0 heterocycles. The first kappa shape index (κ1) is 10.9. The van der Waals surface area contributed by atoms with Crippen molar-refractivity contribution in [3.05, 3.63) is 34.1 Å². The SMILES string of the molecule is Cc1c(F)cc(C2(N)CCCC2)cc1Cl. The molecule has 0 aromatic heterocycles. The third kappa shape index (κ3) is 1.88. The molecule has 0 unspecified atom stereocenters. The Morgan fingerprint density at radius 1 is 1.33 bits per heavy atom. The van der Waals surface area contributed by atoms with Gasteiger partial charge in [0.05, 0.1) is 0 Å². The summed E-state index contributed by atoms with van der Waals surface area (Å²) in [6.45, 7) is 1.68. The number of hydrogen-bond acceptors (Lipinski definition) is 1. The highest BCUT2D eigenvalue weighted by Crippen LogP contribution is 2.38. The van der Waals surface area contributed by atoms with Crippen LogP contribution in [-0.2, 0) is 5.54 Å². The third-order valence-electron chi connectivity index (χ3n) is 3.35. The summed E-state index contributed by atoms with van der Waals surface area (Å²) in [5.41, 5.74) is 7.22. The van der Waals surface area contributed by atoms with Crippen molar-refractivity contribution < 1.29 is 4.39 Å². The molecule has 1 aliphatic rings. The Hall–Kier alpha value is -0.600. The van der Waals surface area contributed by atoms with Crippen molar-refractivity contribution in [2.24, 2.45) is 5.73 Å². The second kappa shape index (κ2) is 3.76. The van der Waals surface area contributed by atoms with Gasteiger partial charge in [0, 0.05) is 16.1 Å². The van der Waals surface area contributed by atoms with Gasteiger partial charge in [0.15, 0.2) is 0 Å². The molecule has 1 saturated carbocycles. The monoisotopic (exact) mass is 227 g/mol. The van der Waals surface area contributed by atoms with E-state index in [1.165, 1.54) is 6.07 Å². The van der Waals surface area contributed by atoms with E-state index in [1.807, 2.05) is 6.07 Å². The van der Waals surface area contributed by atoms with Crippen LogP contribution in [0.4, 0.5) is 4.39 Å². The summed E-state index contributed by atoms with van der Waals surface area (Å²) >= 11 is 5.96. The lowest BCUT2D eigenvalue weighted by molar-refractivity contribution is 0.457. The minimum atomic E-state index is -0.363. The summed E-state index contributed by atoms with van der Waals surface area (Å²) in [6, 6.07) is 3.35. The molecule has 1 aromatic carbocycles. The number of hydrogen-bond donors (Lipinski definition) is 1. The van der Waals surface area contributed by atoms with Crippen molar-refractivity contribution in [1.82, 2.24) is 0 Å². The maximum atomic E-state index is 13.5. The topological polar surface area (TPSA) is 26.0 Å². The molecule has 1 fully saturated rings. The van der Waals surface area contributed by atoms with Crippen molar-refractivity contribution in [2.45, 2.75) is 38.1 Å². The van der Waals surface area contributed by atoms with Gasteiger partial charge in [0.1, 0.15) is 5.82 Å². The highest BCUT2D eigenvalue weighted by Gasteiger charge is 2.32. The fourth-order valence-electron chi connectivity index (χ4n) is 2.23. The van der Waals surface area contributed by atoms with Gasteiger partial charge >= 0.3 is 0 Å². The molecule has 1 aromatic rings. The van der Waals surface area contributed by atoms with E-state index in [2.05, 4.69) is 0 Å². The van der Waals surface area contributed by atoms with Gasteiger partial charge in [-0.05, 0) is 37.5 Å². The van der Waals surface area contributed by atoms with Crippen LogP contribution in [0.25, 0.3) is 0 Å². The minimum absolute atomic E-state index is 0.255. The summed E-state index contributed by atoms with van der Waals surface area (Å²) in [5, 5.41) is 0.474. The summed E-state index contributed by atoms with van der Waals surface area (Å²) in [5.74, 6) is -0.255. The van der Waals surface area contributed by atoms with Crippen molar-refractivity contribution in [3.63, 3.8) is 0 Å². The van der Waals surface area contributed by atoms with E-state index in [0.29, 0.717) is 10.6 Å². The van der Waals surface area contributed by atoms with Crippen molar-refractivity contribution >= 4 is 11.6 Å². The smallest absolute Gasteiger partial charge is 0.127 e. The van der Waals surface area contributed by atoms with E-state index in [9.17, 15) is 4.39 Å². The maximum absolute atomic E-state index is 13.5. The second-order valence-electron chi connectivity index (χ2n) is 4.43. The standard InChI is InChI=1S/C12H15ClFN/c1-8-10(13)6-9(7-11(8)14)12(15)4-2-3-5-12/h6-7H,2-5,15H2,1H3. The van der Waals surface area contributed by atoms with Gasteiger partial charge in [-0.25, -0.2) is 4.39 Å². The first-order valence-corrected chi connectivity index (χ1v) is 5.66. The Morgan fingerprint density at radius 2 is 1.93 bits per heavy atom. The Labute approximate surface area is 94.4 Å². The molecule has 1 aliphatic carbocycles. The Morgan fingerprint density at radius 3 is 2.47 bits per heavy atom. The van der Waals surface area contributed by atoms with Gasteiger partial charge < -0.3 is 5.73 Å². The van der Waals surface area contributed by atoms with Crippen LogP contribution in [0.15, 0.2) is 12.1 Å². The molecule has 0 bridgehead atoms. The summed E-state index contributed by atoms with van der Waals surface area (Å²) in [6.07, 6.45) is 4.07. The maximum Gasteiger partial charge on any atom is 0.127 e. The molecular weight excluding hydrogens is 213 g/mol. The van der Waals surface area contributed by atoms with Gasteiger partial charge in [0.2, 0.25) is 0 Å². The largest absolute Gasteiger partial charge is 0.321 e. The van der Waals surface area contributed by atoms with Crippen LogP contribution in [0.1, 0.15) is 36.8 Å². The lowest BCUT2D eigenvalue weighted by Gasteiger charge is -2.24. The fraction of sp³-hybridized carbons (Fsp3) is 0.500. The second-order valence-corrected chi connectivity index (χ2v) is 4.84. The van der Waals surface area contributed by atoms with Crippen LogP contribution >= 0.6 is 11.6 Å². The lowest BCUT2D eigenvalue weighted by atomic mass is 9.89. The molecule has 0 aliphatic heterocycles. The van der Waals surface area contributed by atoms with Gasteiger partial charge in [-0.3, -0.25) is 0 Å². The van der Waals surface area contributed by atoms with E-state index < -0.39 is 0 Å². The predicted molar refractivity (Wildman–Crippen MR) is 60.5 cm³/mol. The average molecular weight is 228 g/mol. The van der Waals surface area contributed by atoms with Gasteiger partial charge in [-0.1, -0.05) is 24.4 Å². The molecule has 0 radical (unpaired) electrons. The first-order chi connectivity index (χ1) is 7.03. The van der Waals surface area contributed by atoms with Gasteiger partial charge in [-0.15, -0.1) is 0 Å². The number of rotatable bonds is 1. The fourth-order valence-corrected chi connectivity index (χ4v) is 2.44. The minimum Gasteiger partial charge on any atom is -0.321 e. The van der Waals surface area contributed by atoms with Crippen LogP contribution in [0.3, 0.4) is 0 Å². The molecule has 2 N–H and O–H groups in total.